The minimum Gasteiger partial charge on any atom is -0.383 e. The van der Waals surface area contributed by atoms with Gasteiger partial charge in [-0.15, -0.1) is 0 Å². The number of benzene rings is 2. The van der Waals surface area contributed by atoms with Crippen molar-refractivity contribution in [3.63, 3.8) is 0 Å². The Hall–Kier alpha value is -2.70. The number of nitrogens with zero attached hydrogens (tertiary/aromatic N) is 1. The number of carbonyl (C=O) groups is 2. The molecule has 0 aliphatic carbocycles. The number of hydrogen-bond acceptors (Lipinski definition) is 4. The predicted molar refractivity (Wildman–Crippen MR) is 115 cm³/mol. The van der Waals surface area contributed by atoms with Gasteiger partial charge in [-0.05, 0) is 24.0 Å². The van der Waals surface area contributed by atoms with Crippen LogP contribution in [0.15, 0.2) is 60.7 Å². The van der Waals surface area contributed by atoms with Gasteiger partial charge in [-0.2, -0.15) is 0 Å². The molecule has 2 aromatic rings. The number of hydrogen-bond donors (Lipinski definition) is 2. The topological polar surface area (TPSA) is 70.7 Å². The van der Waals surface area contributed by atoms with E-state index in [9.17, 15) is 9.59 Å². The van der Waals surface area contributed by atoms with Crippen LogP contribution in [0.1, 0.15) is 11.1 Å². The SMILES string of the molecule is COCCN(CC(=O)NCCc1ccccc1)CC(=O)NCCc1ccccc1. The second-order valence-electron chi connectivity index (χ2n) is 6.87. The molecule has 29 heavy (non-hydrogen) atoms. The van der Waals surface area contributed by atoms with Gasteiger partial charge in [0, 0.05) is 26.7 Å². The lowest BCUT2D eigenvalue weighted by atomic mass is 10.1. The van der Waals surface area contributed by atoms with Crippen LogP contribution in [0.2, 0.25) is 0 Å². The highest BCUT2D eigenvalue weighted by atomic mass is 16.5. The first-order valence-corrected chi connectivity index (χ1v) is 10.00. The van der Waals surface area contributed by atoms with Crippen LogP contribution >= 0.6 is 0 Å². The fourth-order valence-electron chi connectivity index (χ4n) is 2.93. The molecule has 0 heterocycles. The maximum Gasteiger partial charge on any atom is 0.234 e. The largest absolute Gasteiger partial charge is 0.383 e. The lowest BCUT2D eigenvalue weighted by molar-refractivity contribution is -0.125. The van der Waals surface area contributed by atoms with Crippen LogP contribution in [-0.4, -0.2) is 63.2 Å². The highest BCUT2D eigenvalue weighted by Crippen LogP contribution is 1.99. The zero-order valence-corrected chi connectivity index (χ0v) is 17.1. The van der Waals surface area contributed by atoms with Gasteiger partial charge in [0.2, 0.25) is 11.8 Å². The summed E-state index contributed by atoms with van der Waals surface area (Å²) >= 11 is 0. The van der Waals surface area contributed by atoms with Crippen molar-refractivity contribution < 1.29 is 14.3 Å². The quantitative estimate of drug-likeness (QED) is 0.539. The first kappa shape index (κ1) is 22.6. The van der Waals surface area contributed by atoms with Crippen LogP contribution in [0.4, 0.5) is 0 Å². The Kier molecular flexibility index (Phi) is 10.5. The number of amides is 2. The molecular weight excluding hydrogens is 366 g/mol. The summed E-state index contributed by atoms with van der Waals surface area (Å²) in [5.41, 5.74) is 2.36. The number of methoxy groups -OCH3 is 1. The van der Waals surface area contributed by atoms with Crippen molar-refractivity contribution in [1.82, 2.24) is 15.5 Å². The van der Waals surface area contributed by atoms with Gasteiger partial charge in [0.05, 0.1) is 19.7 Å². The molecular formula is C23H31N3O3. The van der Waals surface area contributed by atoms with Crippen LogP contribution in [0.3, 0.4) is 0 Å². The van der Waals surface area contributed by atoms with Crippen molar-refractivity contribution in [1.29, 1.82) is 0 Å². The molecule has 0 spiro atoms. The summed E-state index contributed by atoms with van der Waals surface area (Å²) in [7, 11) is 1.61. The van der Waals surface area contributed by atoms with Crippen molar-refractivity contribution >= 4 is 11.8 Å². The Morgan fingerprint density at radius 2 is 1.24 bits per heavy atom. The number of carbonyl (C=O) groups excluding carboxylic acids is 2. The van der Waals surface area contributed by atoms with Crippen LogP contribution in [0.25, 0.3) is 0 Å². The van der Waals surface area contributed by atoms with E-state index in [2.05, 4.69) is 10.6 Å². The predicted octanol–water partition coefficient (Wildman–Crippen LogP) is 1.65. The summed E-state index contributed by atoms with van der Waals surface area (Å²) in [5.74, 6) is -0.178. The summed E-state index contributed by atoms with van der Waals surface area (Å²) in [6.45, 7) is 2.48. The standard InChI is InChI=1S/C23H31N3O3/c1-29-17-16-26(18-22(27)24-14-12-20-8-4-2-5-9-20)19-23(28)25-15-13-21-10-6-3-7-11-21/h2-11H,12-19H2,1H3,(H,24,27)(H,25,28). The van der Waals surface area contributed by atoms with Gasteiger partial charge < -0.3 is 15.4 Å². The smallest absolute Gasteiger partial charge is 0.234 e. The second-order valence-corrected chi connectivity index (χ2v) is 6.87. The van der Waals surface area contributed by atoms with E-state index in [0.29, 0.717) is 26.2 Å². The van der Waals surface area contributed by atoms with Gasteiger partial charge in [0.1, 0.15) is 0 Å². The fourth-order valence-corrected chi connectivity index (χ4v) is 2.93. The summed E-state index contributed by atoms with van der Waals surface area (Å²) < 4.78 is 5.11. The first-order valence-electron chi connectivity index (χ1n) is 10.00. The van der Waals surface area contributed by atoms with Crippen LogP contribution in [0, 0.1) is 0 Å². The van der Waals surface area contributed by atoms with Crippen molar-refractivity contribution in [2.24, 2.45) is 0 Å². The van der Waals surface area contributed by atoms with E-state index in [1.54, 1.807) is 12.0 Å². The lowest BCUT2D eigenvalue weighted by Gasteiger charge is -2.21. The van der Waals surface area contributed by atoms with E-state index < -0.39 is 0 Å². The van der Waals surface area contributed by atoms with E-state index in [0.717, 1.165) is 12.8 Å². The maximum atomic E-state index is 12.3. The van der Waals surface area contributed by atoms with Gasteiger partial charge in [-0.3, -0.25) is 14.5 Å². The molecule has 0 atom stereocenters. The third-order valence-electron chi connectivity index (χ3n) is 4.50. The second kappa shape index (κ2) is 13.5. The van der Waals surface area contributed by atoms with E-state index in [1.165, 1.54) is 11.1 Å². The molecule has 0 fully saturated rings. The van der Waals surface area contributed by atoms with E-state index in [-0.39, 0.29) is 24.9 Å². The van der Waals surface area contributed by atoms with Crippen LogP contribution in [0.5, 0.6) is 0 Å². The average molecular weight is 398 g/mol. The van der Waals surface area contributed by atoms with Crippen molar-refractivity contribution in [2.75, 3.05) is 46.4 Å². The van der Waals surface area contributed by atoms with Gasteiger partial charge >= 0.3 is 0 Å². The zero-order chi connectivity index (χ0) is 20.7. The van der Waals surface area contributed by atoms with E-state index in [4.69, 9.17) is 4.74 Å². The third kappa shape index (κ3) is 9.87. The molecule has 2 aromatic carbocycles. The summed E-state index contributed by atoms with van der Waals surface area (Å²) in [4.78, 5) is 26.3. The molecule has 0 aromatic heterocycles. The molecule has 0 unspecified atom stereocenters. The molecule has 6 nitrogen and oxygen atoms in total. The molecule has 0 bridgehead atoms. The Bertz CT molecular complexity index is 663. The Labute approximate surface area is 173 Å². The third-order valence-corrected chi connectivity index (χ3v) is 4.50. The van der Waals surface area contributed by atoms with Crippen molar-refractivity contribution in [2.45, 2.75) is 12.8 Å². The molecule has 2 rings (SSSR count). The maximum absolute atomic E-state index is 12.3. The summed E-state index contributed by atoms with van der Waals surface area (Å²) in [6, 6.07) is 20.0. The van der Waals surface area contributed by atoms with Crippen molar-refractivity contribution in [3.05, 3.63) is 71.8 Å². The normalized spacial score (nSPS) is 10.7. The molecule has 6 heteroatoms. The Morgan fingerprint density at radius 3 is 1.66 bits per heavy atom. The van der Waals surface area contributed by atoms with Gasteiger partial charge in [0.15, 0.2) is 0 Å². The van der Waals surface area contributed by atoms with Gasteiger partial charge in [-0.25, -0.2) is 0 Å². The van der Waals surface area contributed by atoms with Crippen LogP contribution < -0.4 is 10.6 Å². The zero-order valence-electron chi connectivity index (χ0n) is 17.1. The molecule has 0 aliphatic heterocycles. The minimum atomic E-state index is -0.0888. The monoisotopic (exact) mass is 397 g/mol. The Morgan fingerprint density at radius 1 is 0.793 bits per heavy atom. The molecule has 0 saturated heterocycles. The molecule has 156 valence electrons. The number of rotatable bonds is 13. The highest BCUT2D eigenvalue weighted by molar-refractivity contribution is 5.81. The first-order chi connectivity index (χ1) is 14.2. The summed E-state index contributed by atoms with van der Waals surface area (Å²) in [5, 5.41) is 5.85. The van der Waals surface area contributed by atoms with Crippen LogP contribution in [-0.2, 0) is 27.2 Å². The average Bonchev–Trinajstić information content (AvgIpc) is 2.73. The Balaban J connectivity index is 1.70. The molecule has 0 radical (unpaired) electrons. The van der Waals surface area contributed by atoms with E-state index in [1.807, 2.05) is 60.7 Å². The van der Waals surface area contributed by atoms with Crippen molar-refractivity contribution in [3.8, 4) is 0 Å². The number of nitrogens with one attached hydrogen (secondary N) is 2. The van der Waals surface area contributed by atoms with Gasteiger partial charge in [-0.1, -0.05) is 60.7 Å². The molecule has 2 amide bonds. The lowest BCUT2D eigenvalue weighted by Crippen LogP contribution is -2.44. The molecule has 0 saturated carbocycles. The summed E-state index contributed by atoms with van der Waals surface area (Å²) in [6.07, 6.45) is 1.56. The minimum absolute atomic E-state index is 0.0888. The number of ether oxygens (including phenoxy) is 1. The van der Waals surface area contributed by atoms with Gasteiger partial charge in [0.25, 0.3) is 0 Å². The molecule has 0 aliphatic rings. The van der Waals surface area contributed by atoms with E-state index >= 15 is 0 Å². The highest BCUT2D eigenvalue weighted by Gasteiger charge is 2.14. The fraction of sp³-hybridized carbons (Fsp3) is 0.391. The molecule has 2 N–H and O–H groups in total.